The molecule has 2 fully saturated rings. The van der Waals surface area contributed by atoms with E-state index in [1.165, 1.54) is 43.6 Å². The Morgan fingerprint density at radius 1 is 1.30 bits per heavy atom. The first-order valence-corrected chi connectivity index (χ1v) is 8.34. The number of rotatable bonds is 4. The summed E-state index contributed by atoms with van der Waals surface area (Å²) in [6.07, 6.45) is 6.16. The van der Waals surface area contributed by atoms with Gasteiger partial charge in [0.05, 0.1) is 10.7 Å². The molecule has 3 atom stereocenters. The minimum atomic E-state index is 0.239. The standard InChI is InChI=1S/C17H25ClN2/c1-2-15(19)8-12-6-7-17(16(18)9-12)20-10-13-4-3-5-14(13)11-20/h6-7,9,13-15H,2-5,8,10-11,19H2,1H3. The summed E-state index contributed by atoms with van der Waals surface area (Å²) in [6.45, 7) is 4.51. The molecule has 0 amide bonds. The zero-order chi connectivity index (χ0) is 14.1. The van der Waals surface area contributed by atoms with Crippen LogP contribution in [0.2, 0.25) is 5.02 Å². The van der Waals surface area contributed by atoms with Gasteiger partial charge < -0.3 is 10.6 Å². The largest absolute Gasteiger partial charge is 0.370 e. The van der Waals surface area contributed by atoms with Crippen molar-refractivity contribution in [2.45, 2.75) is 45.1 Å². The fraction of sp³-hybridized carbons (Fsp3) is 0.647. The van der Waals surface area contributed by atoms with Crippen molar-refractivity contribution in [2.75, 3.05) is 18.0 Å². The molecule has 110 valence electrons. The second-order valence-electron chi connectivity index (χ2n) is 6.51. The molecule has 1 saturated heterocycles. The zero-order valence-electron chi connectivity index (χ0n) is 12.3. The van der Waals surface area contributed by atoms with Crippen LogP contribution in [-0.4, -0.2) is 19.1 Å². The molecule has 1 aliphatic heterocycles. The lowest BCUT2D eigenvalue weighted by molar-refractivity contribution is 0.494. The first-order valence-electron chi connectivity index (χ1n) is 7.96. The van der Waals surface area contributed by atoms with E-state index in [4.69, 9.17) is 17.3 Å². The lowest BCUT2D eigenvalue weighted by Gasteiger charge is -2.21. The Hall–Kier alpha value is -0.730. The lowest BCUT2D eigenvalue weighted by atomic mass is 10.0. The summed E-state index contributed by atoms with van der Waals surface area (Å²) in [5.41, 5.74) is 8.50. The monoisotopic (exact) mass is 292 g/mol. The molecule has 0 spiro atoms. The van der Waals surface area contributed by atoms with Gasteiger partial charge in [-0.2, -0.15) is 0 Å². The predicted molar refractivity (Wildman–Crippen MR) is 86.5 cm³/mol. The average Bonchev–Trinajstić information content (AvgIpc) is 2.99. The molecule has 2 nitrogen and oxygen atoms in total. The maximum Gasteiger partial charge on any atom is 0.0642 e. The van der Waals surface area contributed by atoms with E-state index in [1.54, 1.807) is 0 Å². The van der Waals surface area contributed by atoms with E-state index in [0.717, 1.165) is 29.7 Å². The maximum atomic E-state index is 6.51. The summed E-state index contributed by atoms with van der Waals surface area (Å²) in [4.78, 5) is 2.49. The SMILES string of the molecule is CCC(N)Cc1ccc(N2CC3CCCC3C2)c(Cl)c1. The van der Waals surface area contributed by atoms with Gasteiger partial charge in [0.1, 0.15) is 0 Å². The molecule has 3 heteroatoms. The van der Waals surface area contributed by atoms with E-state index in [9.17, 15) is 0 Å². The van der Waals surface area contributed by atoms with Crippen molar-refractivity contribution in [2.24, 2.45) is 17.6 Å². The number of benzene rings is 1. The molecular weight excluding hydrogens is 268 g/mol. The predicted octanol–water partition coefficient (Wildman–Crippen LogP) is 3.86. The normalized spacial score (nSPS) is 26.9. The molecule has 0 radical (unpaired) electrons. The van der Waals surface area contributed by atoms with Crippen LogP contribution in [0.1, 0.15) is 38.2 Å². The van der Waals surface area contributed by atoms with Crippen LogP contribution in [-0.2, 0) is 6.42 Å². The second-order valence-corrected chi connectivity index (χ2v) is 6.92. The molecule has 1 aromatic rings. The molecule has 0 aromatic heterocycles. The highest BCUT2D eigenvalue weighted by Crippen LogP contribution is 2.41. The summed E-state index contributed by atoms with van der Waals surface area (Å²) < 4.78 is 0. The third-order valence-corrected chi connectivity index (χ3v) is 5.40. The minimum absolute atomic E-state index is 0.239. The quantitative estimate of drug-likeness (QED) is 0.913. The van der Waals surface area contributed by atoms with Gasteiger partial charge in [-0.3, -0.25) is 0 Å². The summed E-state index contributed by atoms with van der Waals surface area (Å²) >= 11 is 6.51. The number of nitrogens with two attached hydrogens (primary N) is 1. The molecule has 1 saturated carbocycles. The highest BCUT2D eigenvalue weighted by atomic mass is 35.5. The second kappa shape index (κ2) is 5.95. The van der Waals surface area contributed by atoms with E-state index in [2.05, 4.69) is 30.0 Å². The Morgan fingerprint density at radius 3 is 2.60 bits per heavy atom. The number of fused-ring (bicyclic) bond motifs is 1. The van der Waals surface area contributed by atoms with Crippen molar-refractivity contribution >= 4 is 17.3 Å². The van der Waals surface area contributed by atoms with Crippen molar-refractivity contribution < 1.29 is 0 Å². The van der Waals surface area contributed by atoms with Crippen molar-refractivity contribution in [3.05, 3.63) is 28.8 Å². The van der Waals surface area contributed by atoms with Crippen LogP contribution < -0.4 is 10.6 Å². The third-order valence-electron chi connectivity index (χ3n) is 5.10. The topological polar surface area (TPSA) is 29.3 Å². The van der Waals surface area contributed by atoms with E-state index >= 15 is 0 Å². The van der Waals surface area contributed by atoms with Crippen LogP contribution in [0.5, 0.6) is 0 Å². The molecule has 20 heavy (non-hydrogen) atoms. The van der Waals surface area contributed by atoms with E-state index in [0.29, 0.717) is 0 Å². The van der Waals surface area contributed by atoms with Crippen molar-refractivity contribution in [3.63, 3.8) is 0 Å². The van der Waals surface area contributed by atoms with Crippen molar-refractivity contribution in [1.29, 1.82) is 0 Å². The Bertz CT molecular complexity index is 462. The summed E-state index contributed by atoms with van der Waals surface area (Å²) in [5.74, 6) is 1.80. The fourth-order valence-electron chi connectivity index (χ4n) is 3.81. The highest BCUT2D eigenvalue weighted by Gasteiger charge is 2.36. The van der Waals surface area contributed by atoms with Gasteiger partial charge in [-0.1, -0.05) is 31.0 Å². The number of halogens is 1. The molecule has 1 heterocycles. The Labute approximate surface area is 127 Å². The molecule has 3 unspecified atom stereocenters. The van der Waals surface area contributed by atoms with Crippen LogP contribution in [0.15, 0.2) is 18.2 Å². The first-order chi connectivity index (χ1) is 9.67. The van der Waals surface area contributed by atoms with Gasteiger partial charge in [-0.25, -0.2) is 0 Å². The van der Waals surface area contributed by atoms with Gasteiger partial charge >= 0.3 is 0 Å². The van der Waals surface area contributed by atoms with Crippen LogP contribution in [0.25, 0.3) is 0 Å². The van der Waals surface area contributed by atoms with E-state index in [1.807, 2.05) is 0 Å². The first kappa shape index (κ1) is 14.2. The smallest absolute Gasteiger partial charge is 0.0642 e. The fourth-order valence-corrected chi connectivity index (χ4v) is 4.14. The van der Waals surface area contributed by atoms with E-state index < -0.39 is 0 Å². The van der Waals surface area contributed by atoms with Crippen molar-refractivity contribution in [1.82, 2.24) is 0 Å². The van der Waals surface area contributed by atoms with Crippen LogP contribution in [0.4, 0.5) is 5.69 Å². The molecule has 2 aliphatic rings. The van der Waals surface area contributed by atoms with Crippen molar-refractivity contribution in [3.8, 4) is 0 Å². The van der Waals surface area contributed by atoms with Gasteiger partial charge in [-0.05, 0) is 55.2 Å². The van der Waals surface area contributed by atoms with Crippen LogP contribution in [0.3, 0.4) is 0 Å². The highest BCUT2D eigenvalue weighted by molar-refractivity contribution is 6.33. The number of anilines is 1. The summed E-state index contributed by atoms with van der Waals surface area (Å²) in [5, 5.41) is 0.894. The average molecular weight is 293 g/mol. The molecular formula is C17H25ClN2. The summed E-state index contributed by atoms with van der Waals surface area (Å²) in [6, 6.07) is 6.75. The van der Waals surface area contributed by atoms with Gasteiger partial charge in [0.25, 0.3) is 0 Å². The number of nitrogens with zero attached hydrogens (tertiary/aromatic N) is 1. The van der Waals surface area contributed by atoms with Crippen LogP contribution >= 0.6 is 11.6 Å². The Morgan fingerprint density at radius 2 is 2.00 bits per heavy atom. The number of hydrogen-bond acceptors (Lipinski definition) is 2. The van der Waals surface area contributed by atoms with E-state index in [-0.39, 0.29) is 6.04 Å². The third kappa shape index (κ3) is 2.82. The summed E-state index contributed by atoms with van der Waals surface area (Å²) in [7, 11) is 0. The molecule has 1 aliphatic carbocycles. The maximum absolute atomic E-state index is 6.51. The molecule has 0 bridgehead atoms. The minimum Gasteiger partial charge on any atom is -0.370 e. The number of hydrogen-bond donors (Lipinski definition) is 1. The Kier molecular flexibility index (Phi) is 4.23. The van der Waals surface area contributed by atoms with Gasteiger partial charge in [-0.15, -0.1) is 0 Å². The zero-order valence-corrected chi connectivity index (χ0v) is 13.1. The van der Waals surface area contributed by atoms with Gasteiger partial charge in [0.2, 0.25) is 0 Å². The molecule has 1 aromatic carbocycles. The lowest BCUT2D eigenvalue weighted by Crippen LogP contribution is -2.22. The molecule has 2 N–H and O–H groups in total. The molecule has 3 rings (SSSR count). The van der Waals surface area contributed by atoms with Crippen LogP contribution in [0, 0.1) is 11.8 Å². The Balaban J connectivity index is 1.71. The van der Waals surface area contributed by atoms with Gasteiger partial charge in [0.15, 0.2) is 0 Å². The van der Waals surface area contributed by atoms with Gasteiger partial charge in [0, 0.05) is 19.1 Å².